The molecule has 0 N–H and O–H groups in total. The van der Waals surface area contributed by atoms with Gasteiger partial charge in [-0.15, -0.1) is 0 Å². The van der Waals surface area contributed by atoms with Crippen LogP contribution in [0.5, 0.6) is 0 Å². The Morgan fingerprint density at radius 2 is 1.69 bits per heavy atom. The van der Waals surface area contributed by atoms with Crippen molar-refractivity contribution in [1.29, 1.82) is 0 Å². The van der Waals surface area contributed by atoms with E-state index in [0.717, 1.165) is 18.4 Å². The molecule has 1 aromatic carbocycles. The summed E-state index contributed by atoms with van der Waals surface area (Å²) in [5, 5.41) is 0. The number of pyridine rings is 1. The van der Waals surface area contributed by atoms with Gasteiger partial charge in [0.1, 0.15) is 0 Å². The highest BCUT2D eigenvalue weighted by molar-refractivity contribution is 6.10. The van der Waals surface area contributed by atoms with E-state index in [1.165, 1.54) is 10.5 Å². The molecule has 0 aliphatic carbocycles. The van der Waals surface area contributed by atoms with Crippen molar-refractivity contribution in [3.63, 3.8) is 0 Å². The van der Waals surface area contributed by atoms with Gasteiger partial charge in [-0.1, -0.05) is 30.3 Å². The number of imide groups is 1. The van der Waals surface area contributed by atoms with Gasteiger partial charge in [-0.2, -0.15) is 0 Å². The van der Waals surface area contributed by atoms with Crippen molar-refractivity contribution >= 4 is 17.7 Å². The molecule has 4 heterocycles. The number of carbonyl (C=O) groups is 3. The minimum Gasteiger partial charge on any atom is -0.343 e. The third-order valence-corrected chi connectivity index (χ3v) is 7.35. The molecule has 0 unspecified atom stereocenters. The largest absolute Gasteiger partial charge is 0.343 e. The average Bonchev–Trinajstić information content (AvgIpc) is 3.50. The predicted molar refractivity (Wildman–Crippen MR) is 129 cm³/mol. The molecule has 1 atom stereocenters. The smallest absolute Gasteiger partial charge is 0.240 e. The van der Waals surface area contributed by atoms with Crippen LogP contribution >= 0.6 is 0 Å². The highest BCUT2D eigenvalue weighted by Crippen LogP contribution is 2.41. The number of imidazole rings is 1. The zero-order valence-corrected chi connectivity index (χ0v) is 19.6. The normalized spacial score (nSPS) is 21.0. The van der Waals surface area contributed by atoms with Crippen LogP contribution in [-0.2, 0) is 26.3 Å². The summed E-state index contributed by atoms with van der Waals surface area (Å²) in [5.41, 5.74) is 0.813. The van der Waals surface area contributed by atoms with Crippen molar-refractivity contribution in [3.8, 4) is 0 Å². The molecule has 35 heavy (non-hydrogen) atoms. The first-order chi connectivity index (χ1) is 17.1. The predicted octanol–water partition coefficient (Wildman–Crippen LogP) is 2.77. The van der Waals surface area contributed by atoms with Crippen LogP contribution in [0.4, 0.5) is 0 Å². The summed E-state index contributed by atoms with van der Waals surface area (Å²) >= 11 is 0. The van der Waals surface area contributed by atoms with Crippen LogP contribution in [0.3, 0.4) is 0 Å². The summed E-state index contributed by atoms with van der Waals surface area (Å²) in [5.74, 6) is -0.185. The second-order valence-electron chi connectivity index (χ2n) is 9.39. The fourth-order valence-electron chi connectivity index (χ4n) is 5.35. The fraction of sp³-hybridized carbons (Fsp3) is 0.370. The van der Waals surface area contributed by atoms with Gasteiger partial charge in [0.25, 0.3) is 0 Å². The monoisotopic (exact) mass is 471 g/mol. The van der Waals surface area contributed by atoms with Gasteiger partial charge in [-0.05, 0) is 42.0 Å². The number of benzene rings is 1. The summed E-state index contributed by atoms with van der Waals surface area (Å²) in [6.45, 7) is 2.01. The molecule has 3 aromatic rings. The van der Waals surface area contributed by atoms with E-state index < -0.39 is 5.41 Å². The molecular formula is C27H29N5O3. The molecule has 5 rings (SSSR count). The summed E-state index contributed by atoms with van der Waals surface area (Å²) in [6, 6.07) is 13.4. The third-order valence-electron chi connectivity index (χ3n) is 7.35. The Hall–Kier alpha value is -3.81. The Morgan fingerprint density at radius 1 is 0.943 bits per heavy atom. The highest BCUT2D eigenvalue weighted by Gasteiger charge is 2.54. The molecule has 0 radical (unpaired) electrons. The van der Waals surface area contributed by atoms with Gasteiger partial charge in [0, 0.05) is 63.8 Å². The fourth-order valence-corrected chi connectivity index (χ4v) is 5.35. The van der Waals surface area contributed by atoms with Crippen molar-refractivity contribution < 1.29 is 14.4 Å². The quantitative estimate of drug-likeness (QED) is 0.495. The van der Waals surface area contributed by atoms with Gasteiger partial charge < -0.3 is 9.47 Å². The molecule has 2 saturated heterocycles. The Kier molecular flexibility index (Phi) is 6.44. The first kappa shape index (κ1) is 23.0. The molecule has 3 amide bonds. The van der Waals surface area contributed by atoms with Crippen LogP contribution in [0.1, 0.15) is 42.7 Å². The summed E-state index contributed by atoms with van der Waals surface area (Å²) in [4.78, 5) is 51.6. The molecule has 2 aromatic heterocycles. The van der Waals surface area contributed by atoms with E-state index in [-0.39, 0.29) is 37.1 Å². The van der Waals surface area contributed by atoms with Gasteiger partial charge in [0.05, 0.1) is 11.7 Å². The van der Waals surface area contributed by atoms with Crippen molar-refractivity contribution in [2.75, 3.05) is 19.6 Å². The Labute approximate surface area is 204 Å². The van der Waals surface area contributed by atoms with E-state index in [9.17, 15) is 14.4 Å². The Morgan fingerprint density at radius 3 is 2.37 bits per heavy atom. The van der Waals surface area contributed by atoms with Crippen LogP contribution in [0.2, 0.25) is 0 Å². The first-order valence-electron chi connectivity index (χ1n) is 12.1. The maximum Gasteiger partial charge on any atom is 0.240 e. The van der Waals surface area contributed by atoms with Crippen molar-refractivity contribution in [2.24, 2.45) is 0 Å². The van der Waals surface area contributed by atoms with Crippen LogP contribution in [0.15, 0.2) is 73.6 Å². The van der Waals surface area contributed by atoms with E-state index in [1.807, 2.05) is 51.9 Å². The molecule has 2 aliphatic rings. The zero-order chi connectivity index (χ0) is 24.3. The SMILES string of the molecule is O=C(C[C@]1(c2ccccc2)CC(=O)N(CCn2ccnc2)C1=O)N1CCC(c2ccncc2)CC1. The topological polar surface area (TPSA) is 88.4 Å². The summed E-state index contributed by atoms with van der Waals surface area (Å²) in [7, 11) is 0. The van der Waals surface area contributed by atoms with Gasteiger partial charge in [-0.3, -0.25) is 24.3 Å². The highest BCUT2D eigenvalue weighted by atomic mass is 16.2. The number of likely N-dealkylation sites (tertiary alicyclic amines) is 2. The minimum atomic E-state index is -1.16. The number of carbonyl (C=O) groups excluding carboxylic acids is 3. The number of hydrogen-bond acceptors (Lipinski definition) is 5. The number of piperidine rings is 1. The van der Waals surface area contributed by atoms with Crippen LogP contribution in [0.25, 0.3) is 0 Å². The van der Waals surface area contributed by atoms with Gasteiger partial charge in [0.2, 0.25) is 17.7 Å². The average molecular weight is 472 g/mol. The molecule has 2 fully saturated rings. The Bertz CT molecular complexity index is 1170. The molecule has 8 nitrogen and oxygen atoms in total. The lowest BCUT2D eigenvalue weighted by atomic mass is 9.75. The third kappa shape index (κ3) is 4.60. The van der Waals surface area contributed by atoms with Crippen LogP contribution < -0.4 is 0 Å². The standard InChI is InChI=1S/C27H29N5O3/c33-24(31-13-8-22(9-14-31)21-6-10-28-11-7-21)18-27(23-4-2-1-3-5-23)19-25(34)32(26(27)35)17-16-30-15-12-29-20-30/h1-7,10-12,15,20,22H,8-9,13-14,16-19H2/t27-/m1/s1. The lowest BCUT2D eigenvalue weighted by Crippen LogP contribution is -2.45. The maximum atomic E-state index is 13.8. The summed E-state index contributed by atoms with van der Waals surface area (Å²) in [6.07, 6.45) is 10.5. The van der Waals surface area contributed by atoms with Crippen molar-refractivity contribution in [1.82, 2.24) is 24.3 Å². The second kappa shape index (κ2) is 9.82. The number of nitrogens with zero attached hydrogens (tertiary/aromatic N) is 5. The van der Waals surface area contributed by atoms with Gasteiger partial charge in [0.15, 0.2) is 0 Å². The molecular weight excluding hydrogens is 442 g/mol. The molecule has 0 spiro atoms. The van der Waals surface area contributed by atoms with E-state index in [0.29, 0.717) is 25.6 Å². The Balaban J connectivity index is 1.32. The molecule has 0 bridgehead atoms. The number of amides is 3. The van der Waals surface area contributed by atoms with E-state index >= 15 is 0 Å². The van der Waals surface area contributed by atoms with Crippen molar-refractivity contribution in [2.45, 2.75) is 43.6 Å². The van der Waals surface area contributed by atoms with Gasteiger partial charge >= 0.3 is 0 Å². The maximum absolute atomic E-state index is 13.8. The van der Waals surface area contributed by atoms with E-state index in [1.54, 1.807) is 31.1 Å². The lowest BCUT2D eigenvalue weighted by Gasteiger charge is -2.35. The number of hydrogen-bond donors (Lipinski definition) is 0. The van der Waals surface area contributed by atoms with E-state index in [2.05, 4.69) is 9.97 Å². The number of rotatable bonds is 7. The minimum absolute atomic E-state index is 0.00306. The molecule has 8 heteroatoms. The summed E-state index contributed by atoms with van der Waals surface area (Å²) < 4.78 is 1.83. The molecule has 2 aliphatic heterocycles. The van der Waals surface area contributed by atoms with Crippen LogP contribution in [-0.4, -0.2) is 61.7 Å². The van der Waals surface area contributed by atoms with Crippen molar-refractivity contribution in [3.05, 3.63) is 84.7 Å². The second-order valence-corrected chi connectivity index (χ2v) is 9.39. The first-order valence-corrected chi connectivity index (χ1v) is 12.1. The van der Waals surface area contributed by atoms with E-state index in [4.69, 9.17) is 0 Å². The van der Waals surface area contributed by atoms with Crippen LogP contribution in [0, 0.1) is 0 Å². The molecule has 180 valence electrons. The lowest BCUT2D eigenvalue weighted by molar-refractivity contribution is -0.143. The van der Waals surface area contributed by atoms with Gasteiger partial charge in [-0.25, -0.2) is 4.98 Å². The molecule has 0 saturated carbocycles. The zero-order valence-electron chi connectivity index (χ0n) is 19.6. The number of aromatic nitrogens is 3.